The van der Waals surface area contributed by atoms with Gasteiger partial charge >= 0.3 is 0 Å². The Kier molecular flexibility index (Phi) is 9.25. The summed E-state index contributed by atoms with van der Waals surface area (Å²) in [5.41, 5.74) is 20.2. The highest BCUT2D eigenvalue weighted by molar-refractivity contribution is 7.19. The molecule has 4 nitrogen and oxygen atoms in total. The van der Waals surface area contributed by atoms with Crippen molar-refractivity contribution in [3.05, 3.63) is 255 Å². The average Bonchev–Trinajstić information content (AvgIpc) is 4.10. The van der Waals surface area contributed by atoms with Gasteiger partial charge in [-0.2, -0.15) is 0 Å². The van der Waals surface area contributed by atoms with Crippen molar-refractivity contribution in [3.63, 3.8) is 0 Å². The zero-order chi connectivity index (χ0) is 48.0. The van der Waals surface area contributed by atoms with E-state index in [2.05, 4.69) is 224 Å². The van der Waals surface area contributed by atoms with E-state index in [9.17, 15) is 0 Å². The van der Waals surface area contributed by atoms with Crippen LogP contribution >= 0.6 is 0 Å². The lowest BCUT2D eigenvalue weighted by Crippen LogP contribution is -2.74. The summed E-state index contributed by atoms with van der Waals surface area (Å²) in [6.07, 6.45) is 3.71. The van der Waals surface area contributed by atoms with Gasteiger partial charge in [-0.05, 0) is 113 Å². The Morgan fingerprint density at radius 2 is 0.767 bits per heavy atom. The molecule has 15 rings (SSSR count). The summed E-state index contributed by atoms with van der Waals surface area (Å²) in [5, 5.41) is 6.84. The molecule has 0 unspecified atom stereocenters. The molecule has 4 aromatic heterocycles. The van der Waals surface area contributed by atoms with Gasteiger partial charge in [0.05, 0.1) is 11.1 Å². The van der Waals surface area contributed by atoms with E-state index in [1.165, 1.54) is 60.1 Å². The smallest absolute Gasteiger partial charge is 0.223 e. The van der Waals surface area contributed by atoms with Gasteiger partial charge in [0.2, 0.25) is 8.07 Å². The molecule has 0 saturated heterocycles. The van der Waals surface area contributed by atoms with Crippen LogP contribution in [0.5, 0.6) is 0 Å². The lowest BCUT2D eigenvalue weighted by atomic mass is 9.80. The number of pyridine rings is 2. The minimum absolute atomic E-state index is 0.793. The van der Waals surface area contributed by atoms with E-state index in [-0.39, 0.29) is 0 Å². The van der Waals surface area contributed by atoms with Crippen molar-refractivity contribution in [2.75, 3.05) is 0 Å². The number of furan rings is 2. The first kappa shape index (κ1) is 41.4. The lowest BCUT2D eigenvalue weighted by Gasteiger charge is -2.33. The first-order valence-corrected chi connectivity index (χ1v) is 26.9. The fourth-order valence-corrected chi connectivity index (χ4v) is 16.7. The number of fused-ring (bicyclic) bond motifs is 19. The van der Waals surface area contributed by atoms with Gasteiger partial charge in [0.15, 0.2) is 0 Å². The van der Waals surface area contributed by atoms with Crippen LogP contribution in [-0.2, 0) is 0 Å². The second kappa shape index (κ2) is 16.3. The molecule has 0 saturated carbocycles. The topological polar surface area (TPSA) is 52.1 Å². The maximum absolute atomic E-state index is 7.72. The number of rotatable bonds is 5. The monoisotopic (exact) mass is 946 g/mol. The summed E-state index contributed by atoms with van der Waals surface area (Å²) in [4.78, 5) is 10.0. The predicted octanol–water partition coefficient (Wildman–Crippen LogP) is 15.0. The van der Waals surface area contributed by atoms with E-state index in [1.54, 1.807) is 0 Å². The van der Waals surface area contributed by atoms with Gasteiger partial charge in [-0.25, -0.2) is 0 Å². The van der Waals surface area contributed by atoms with Gasteiger partial charge in [0.25, 0.3) is 0 Å². The zero-order valence-electron chi connectivity index (χ0n) is 39.5. The molecule has 9 aromatic carbocycles. The average molecular weight is 947 g/mol. The van der Waals surface area contributed by atoms with E-state index < -0.39 is 8.07 Å². The number of benzene rings is 9. The SMILES string of the molecule is c1ccc([Si](c2ccccc2)(c2ccc3c(c2)-c2ccccc2-c2ccccc2-c2cc(-c4cccc5c4oc4ccccc45)ccc2-3)c2cc3c(o2)-c2cccnc2-c2ncccc2-c2ccccc2-3)cc1. The highest BCUT2D eigenvalue weighted by atomic mass is 28.3. The predicted molar refractivity (Wildman–Crippen MR) is 301 cm³/mol. The van der Waals surface area contributed by atoms with E-state index in [1.807, 2.05) is 30.6 Å². The van der Waals surface area contributed by atoms with Gasteiger partial charge in [-0.3, -0.25) is 9.97 Å². The first-order valence-electron chi connectivity index (χ1n) is 24.9. The highest BCUT2D eigenvalue weighted by Gasteiger charge is 2.46. The number of nitrogens with zero attached hydrogens (tertiary/aromatic N) is 2. The van der Waals surface area contributed by atoms with Crippen LogP contribution in [0.2, 0.25) is 0 Å². The van der Waals surface area contributed by atoms with E-state index >= 15 is 0 Å². The zero-order valence-corrected chi connectivity index (χ0v) is 40.5. The Hall–Kier alpha value is -9.42. The maximum atomic E-state index is 7.72. The summed E-state index contributed by atoms with van der Waals surface area (Å²) in [5.74, 6) is 0.793. The van der Waals surface area contributed by atoms with E-state index in [0.717, 1.165) is 83.4 Å². The molecule has 13 aromatic rings. The van der Waals surface area contributed by atoms with E-state index in [4.69, 9.17) is 18.8 Å². The Bertz CT molecular complexity index is 4220. The fourth-order valence-electron chi connectivity index (χ4n) is 12.1. The molecule has 0 radical (unpaired) electrons. The molecule has 0 fully saturated rings. The van der Waals surface area contributed by atoms with Crippen LogP contribution in [0.3, 0.4) is 0 Å². The van der Waals surface area contributed by atoms with Crippen LogP contribution in [-0.4, -0.2) is 18.0 Å². The summed E-state index contributed by atoms with van der Waals surface area (Å²) >= 11 is 0. The van der Waals surface area contributed by atoms with Crippen LogP contribution in [0, 0.1) is 0 Å². The highest BCUT2D eigenvalue weighted by Crippen LogP contribution is 2.50. The van der Waals surface area contributed by atoms with Crippen molar-refractivity contribution in [3.8, 4) is 101 Å². The molecule has 73 heavy (non-hydrogen) atoms. The summed E-state index contributed by atoms with van der Waals surface area (Å²) < 4.78 is 14.4. The molecular formula is C68H42N2O2Si. The molecule has 2 aliphatic rings. The van der Waals surface area contributed by atoms with Crippen LogP contribution in [0.1, 0.15) is 0 Å². The largest absolute Gasteiger partial charge is 0.464 e. The fraction of sp³-hybridized carbons (Fsp3) is 0. The van der Waals surface area contributed by atoms with Crippen LogP contribution in [0.15, 0.2) is 264 Å². The van der Waals surface area contributed by atoms with Crippen LogP contribution < -0.4 is 20.9 Å². The molecule has 0 spiro atoms. The van der Waals surface area contributed by atoms with Crippen molar-refractivity contribution in [1.82, 2.24) is 9.97 Å². The number of para-hydroxylation sites is 2. The molecule has 0 atom stereocenters. The minimum Gasteiger partial charge on any atom is -0.464 e. The molecule has 2 aliphatic carbocycles. The molecule has 0 aliphatic heterocycles. The standard InChI is InChI=1S/C68H42N2O2Si/c1-3-18-44(19-4-1)73(45-20-5-2-6-21-45,64-42-62-53-27-12-9-24-50(53)57-31-16-38-69-65(57)66-59(68(62)72-64)32-17-39-70-66)46-35-37-55-54-36-34-43(47-29-15-30-58-56-28-13-14-33-63(56)71-67(47)58)40-60(54)51-25-10-7-22-48(51)49-23-8-11-26-52(49)61(55)41-46/h1-42H. The van der Waals surface area contributed by atoms with Crippen LogP contribution in [0.4, 0.5) is 0 Å². The van der Waals surface area contributed by atoms with Crippen molar-refractivity contribution >= 4 is 51.0 Å². The summed E-state index contributed by atoms with van der Waals surface area (Å²) in [6, 6.07) is 88.4. The van der Waals surface area contributed by atoms with Crippen molar-refractivity contribution in [1.29, 1.82) is 0 Å². The Balaban J connectivity index is 1.02. The van der Waals surface area contributed by atoms with Crippen molar-refractivity contribution in [2.24, 2.45) is 0 Å². The van der Waals surface area contributed by atoms with Gasteiger partial charge in [-0.15, -0.1) is 0 Å². The minimum atomic E-state index is -3.35. The second-order valence-corrected chi connectivity index (χ2v) is 22.8. The summed E-state index contributed by atoms with van der Waals surface area (Å²) in [6.45, 7) is 0. The van der Waals surface area contributed by atoms with Gasteiger partial charge in [-0.1, -0.05) is 206 Å². The normalized spacial score (nSPS) is 12.1. The maximum Gasteiger partial charge on any atom is 0.223 e. The third-order valence-corrected chi connectivity index (χ3v) is 19.9. The second-order valence-electron chi connectivity index (χ2n) is 19.1. The quantitative estimate of drug-likeness (QED) is 0.127. The van der Waals surface area contributed by atoms with Gasteiger partial charge in [0.1, 0.15) is 22.6 Å². The van der Waals surface area contributed by atoms with Gasteiger partial charge in [0, 0.05) is 45.4 Å². The Labute approximate surface area is 423 Å². The molecule has 0 bridgehead atoms. The lowest BCUT2D eigenvalue weighted by molar-refractivity contribution is 0.615. The Morgan fingerprint density at radius 3 is 1.44 bits per heavy atom. The van der Waals surface area contributed by atoms with E-state index in [0.29, 0.717) is 0 Å². The molecule has 0 N–H and O–H groups in total. The molecule has 340 valence electrons. The third kappa shape index (κ3) is 6.19. The number of hydrogen-bond donors (Lipinski definition) is 0. The Morgan fingerprint density at radius 1 is 0.288 bits per heavy atom. The molecule has 4 heterocycles. The first-order chi connectivity index (χ1) is 36.2. The molecule has 0 amide bonds. The number of aromatic nitrogens is 2. The third-order valence-electron chi connectivity index (χ3n) is 15.3. The van der Waals surface area contributed by atoms with Crippen LogP contribution in [0.25, 0.3) is 123 Å². The van der Waals surface area contributed by atoms with Crippen molar-refractivity contribution < 1.29 is 8.83 Å². The van der Waals surface area contributed by atoms with Gasteiger partial charge < -0.3 is 8.83 Å². The molecular weight excluding hydrogens is 905 g/mol. The number of hydrogen-bond acceptors (Lipinski definition) is 4. The molecule has 5 heteroatoms. The van der Waals surface area contributed by atoms with Crippen molar-refractivity contribution in [2.45, 2.75) is 0 Å². The summed E-state index contributed by atoms with van der Waals surface area (Å²) in [7, 11) is -3.35.